The maximum absolute atomic E-state index is 14.8. The number of hydrogen-bond donors (Lipinski definition) is 1. The van der Waals surface area contributed by atoms with Crippen molar-refractivity contribution in [1.29, 1.82) is 0 Å². The van der Waals surface area contributed by atoms with Crippen LogP contribution in [-0.4, -0.2) is 39.9 Å². The molecular weight excluding hydrogens is 347 g/mol. The van der Waals surface area contributed by atoms with E-state index in [1.54, 1.807) is 23.9 Å². The molecule has 1 aromatic carbocycles. The zero-order chi connectivity index (χ0) is 19.1. The average Bonchev–Trinajstić information content (AvgIpc) is 2.95. The molecule has 1 aliphatic heterocycles. The smallest absolute Gasteiger partial charge is 0.228 e. The molecule has 2 N–H and O–H groups in total. The highest BCUT2D eigenvalue weighted by Gasteiger charge is 2.24. The normalized spacial score (nSPS) is 15.5. The van der Waals surface area contributed by atoms with E-state index < -0.39 is 5.82 Å². The Hall–Kier alpha value is -2.90. The first-order valence-electron chi connectivity index (χ1n) is 9.07. The molecule has 142 valence electrons. The Balaban J connectivity index is 1.89. The van der Waals surface area contributed by atoms with Gasteiger partial charge >= 0.3 is 0 Å². The van der Waals surface area contributed by atoms with Crippen LogP contribution in [0.5, 0.6) is 5.75 Å². The third kappa shape index (κ3) is 3.05. The lowest BCUT2D eigenvalue weighted by molar-refractivity contribution is 0.411. The zero-order valence-electron chi connectivity index (χ0n) is 15.7. The monoisotopic (exact) mass is 370 g/mol. The summed E-state index contributed by atoms with van der Waals surface area (Å²) in [7, 11) is 3.25. The number of ether oxygens (including phenoxy) is 1. The van der Waals surface area contributed by atoms with E-state index in [2.05, 4.69) is 21.9 Å². The average molecular weight is 370 g/mol. The Bertz CT molecular complexity index is 994. The lowest BCUT2D eigenvalue weighted by Crippen LogP contribution is -2.34. The molecule has 4 rings (SSSR count). The second-order valence-electron chi connectivity index (χ2n) is 7.10. The van der Waals surface area contributed by atoms with Crippen LogP contribution in [0.3, 0.4) is 0 Å². The van der Waals surface area contributed by atoms with E-state index in [-0.39, 0.29) is 0 Å². The van der Waals surface area contributed by atoms with Crippen LogP contribution in [-0.2, 0) is 7.05 Å². The number of nitrogens with two attached hydrogens (primary N) is 1. The van der Waals surface area contributed by atoms with Gasteiger partial charge < -0.3 is 15.4 Å². The largest absolute Gasteiger partial charge is 0.497 e. The number of rotatable bonds is 3. The molecule has 0 unspecified atom stereocenters. The van der Waals surface area contributed by atoms with Crippen molar-refractivity contribution in [3.63, 3.8) is 0 Å². The summed E-state index contributed by atoms with van der Waals surface area (Å²) in [6, 6.07) is 4.71. The first kappa shape index (κ1) is 17.5. The number of hydrogen-bond acceptors (Lipinski definition) is 6. The van der Waals surface area contributed by atoms with Gasteiger partial charge in [0.2, 0.25) is 5.95 Å². The van der Waals surface area contributed by atoms with E-state index in [0.717, 1.165) is 25.9 Å². The maximum atomic E-state index is 14.8. The van der Waals surface area contributed by atoms with Crippen molar-refractivity contribution in [3.05, 3.63) is 24.0 Å². The highest BCUT2D eigenvalue weighted by molar-refractivity contribution is 5.99. The van der Waals surface area contributed by atoms with Crippen molar-refractivity contribution >= 4 is 22.8 Å². The van der Waals surface area contributed by atoms with Gasteiger partial charge in [0.05, 0.1) is 18.2 Å². The number of benzene rings is 1. The zero-order valence-corrected chi connectivity index (χ0v) is 15.7. The molecule has 3 aromatic rings. The van der Waals surface area contributed by atoms with Gasteiger partial charge in [0.25, 0.3) is 0 Å². The molecule has 0 spiro atoms. The van der Waals surface area contributed by atoms with E-state index in [9.17, 15) is 4.39 Å². The summed E-state index contributed by atoms with van der Waals surface area (Å²) in [5.41, 5.74) is 7.48. The lowest BCUT2D eigenvalue weighted by atomic mass is 9.99. The minimum Gasteiger partial charge on any atom is -0.497 e. The van der Waals surface area contributed by atoms with Crippen molar-refractivity contribution in [1.82, 2.24) is 19.7 Å². The van der Waals surface area contributed by atoms with Crippen LogP contribution in [0.4, 0.5) is 16.2 Å². The highest BCUT2D eigenvalue weighted by atomic mass is 19.1. The molecule has 0 radical (unpaired) electrons. The van der Waals surface area contributed by atoms with Gasteiger partial charge in [-0.2, -0.15) is 10.1 Å². The maximum Gasteiger partial charge on any atom is 0.228 e. The molecule has 0 bridgehead atoms. The van der Waals surface area contributed by atoms with Crippen LogP contribution in [0.25, 0.3) is 22.3 Å². The summed E-state index contributed by atoms with van der Waals surface area (Å²) in [5, 5.41) is 4.96. The summed E-state index contributed by atoms with van der Waals surface area (Å²) in [5.74, 6) is 1.70. The fraction of sp³-hybridized carbons (Fsp3) is 0.421. The van der Waals surface area contributed by atoms with Crippen molar-refractivity contribution in [2.24, 2.45) is 13.0 Å². The number of anilines is 2. The van der Waals surface area contributed by atoms with Gasteiger partial charge in [-0.05, 0) is 30.9 Å². The van der Waals surface area contributed by atoms with Crippen LogP contribution in [0.2, 0.25) is 0 Å². The van der Waals surface area contributed by atoms with E-state index in [4.69, 9.17) is 15.5 Å². The number of fused-ring (bicyclic) bond motifs is 1. The topological polar surface area (TPSA) is 82.1 Å². The fourth-order valence-corrected chi connectivity index (χ4v) is 3.46. The first-order chi connectivity index (χ1) is 13.0. The molecule has 2 aromatic heterocycles. The molecule has 0 atom stereocenters. The van der Waals surface area contributed by atoms with Gasteiger partial charge in [-0.1, -0.05) is 6.92 Å². The number of methoxy groups -OCH3 is 1. The molecule has 0 saturated carbocycles. The molecule has 27 heavy (non-hydrogen) atoms. The Morgan fingerprint density at radius 1 is 1.22 bits per heavy atom. The van der Waals surface area contributed by atoms with Gasteiger partial charge in [-0.3, -0.25) is 4.68 Å². The second kappa shape index (κ2) is 6.68. The second-order valence-corrected chi connectivity index (χ2v) is 7.10. The van der Waals surface area contributed by atoms with Gasteiger partial charge in [0.15, 0.2) is 5.65 Å². The third-order valence-corrected chi connectivity index (χ3v) is 5.23. The molecule has 3 heterocycles. The lowest BCUT2D eigenvalue weighted by Gasteiger charge is -2.30. The Morgan fingerprint density at radius 3 is 2.63 bits per heavy atom. The molecule has 1 saturated heterocycles. The summed E-state index contributed by atoms with van der Waals surface area (Å²) in [4.78, 5) is 11.5. The molecule has 1 aliphatic rings. The van der Waals surface area contributed by atoms with E-state index in [0.29, 0.717) is 45.7 Å². The minimum absolute atomic E-state index is 0.356. The van der Waals surface area contributed by atoms with E-state index in [1.807, 2.05) is 0 Å². The van der Waals surface area contributed by atoms with Crippen molar-refractivity contribution < 1.29 is 9.13 Å². The Kier molecular flexibility index (Phi) is 4.33. The number of aryl methyl sites for hydroxylation is 1. The van der Waals surface area contributed by atoms with Crippen LogP contribution >= 0.6 is 0 Å². The summed E-state index contributed by atoms with van der Waals surface area (Å²) in [6.45, 7) is 4.00. The number of nitrogen functional groups attached to an aromatic ring is 1. The van der Waals surface area contributed by atoms with Crippen molar-refractivity contribution in [2.45, 2.75) is 19.8 Å². The quantitative estimate of drug-likeness (QED) is 0.763. The van der Waals surface area contributed by atoms with E-state index >= 15 is 0 Å². The molecule has 0 aliphatic carbocycles. The number of piperidine rings is 1. The van der Waals surface area contributed by atoms with Crippen molar-refractivity contribution in [3.8, 4) is 17.0 Å². The minimum atomic E-state index is -0.421. The van der Waals surface area contributed by atoms with Crippen LogP contribution < -0.4 is 15.4 Å². The van der Waals surface area contributed by atoms with Crippen LogP contribution in [0.15, 0.2) is 18.2 Å². The van der Waals surface area contributed by atoms with Gasteiger partial charge in [0.1, 0.15) is 17.4 Å². The molecule has 8 heteroatoms. The summed E-state index contributed by atoms with van der Waals surface area (Å²) in [6.07, 6.45) is 2.16. The predicted molar refractivity (Wildman–Crippen MR) is 103 cm³/mol. The molecule has 0 amide bonds. The van der Waals surface area contributed by atoms with Crippen LogP contribution in [0.1, 0.15) is 19.8 Å². The van der Waals surface area contributed by atoms with Crippen molar-refractivity contribution in [2.75, 3.05) is 30.8 Å². The van der Waals surface area contributed by atoms with Gasteiger partial charge in [0, 0.05) is 31.8 Å². The van der Waals surface area contributed by atoms with E-state index in [1.165, 1.54) is 13.2 Å². The highest BCUT2D eigenvalue weighted by Crippen LogP contribution is 2.35. The Labute approximate surface area is 157 Å². The summed E-state index contributed by atoms with van der Waals surface area (Å²) >= 11 is 0. The number of halogens is 1. The SMILES string of the molecule is COc1ccc(-c2nc(N3CCC(C)CC3)nc3nn(C)c(N)c23)c(F)c1. The van der Waals surface area contributed by atoms with Gasteiger partial charge in [-0.15, -0.1) is 0 Å². The standard InChI is InChI=1S/C19H23FN6O/c1-11-6-8-26(9-7-11)19-22-16(13-5-4-12(27-3)10-14(13)20)15-17(21)25(2)24-18(15)23-19/h4-5,10-11H,6-9,21H2,1-3H3. The summed E-state index contributed by atoms with van der Waals surface area (Å²) < 4.78 is 21.4. The fourth-order valence-electron chi connectivity index (χ4n) is 3.46. The molecule has 7 nitrogen and oxygen atoms in total. The Morgan fingerprint density at radius 2 is 1.96 bits per heavy atom. The number of aromatic nitrogens is 4. The molecule has 1 fully saturated rings. The van der Waals surface area contributed by atoms with Gasteiger partial charge in [-0.25, -0.2) is 9.37 Å². The van der Waals surface area contributed by atoms with Crippen LogP contribution in [0, 0.1) is 11.7 Å². The molecular formula is C19H23FN6O. The number of nitrogens with zero attached hydrogens (tertiary/aromatic N) is 5. The first-order valence-corrected chi connectivity index (χ1v) is 9.07. The predicted octanol–water partition coefficient (Wildman–Crippen LogP) is 3.00. The third-order valence-electron chi connectivity index (χ3n) is 5.23.